The van der Waals surface area contributed by atoms with Crippen LogP contribution in [0.2, 0.25) is 0 Å². The zero-order valence-corrected chi connectivity index (χ0v) is 17.2. The number of morpholine rings is 1. The molecule has 0 saturated carbocycles. The molecule has 1 fully saturated rings. The van der Waals surface area contributed by atoms with Crippen LogP contribution in [0.25, 0.3) is 0 Å². The largest absolute Gasteiger partial charge is 0.480 e. The monoisotopic (exact) mass is 425 g/mol. The number of rotatable bonds is 7. The normalized spacial score (nSPS) is 15.4. The van der Waals surface area contributed by atoms with Gasteiger partial charge in [-0.15, -0.1) is 0 Å². The van der Waals surface area contributed by atoms with Gasteiger partial charge in [0.1, 0.15) is 6.04 Å². The molecule has 3 rings (SSSR count). The Kier molecular flexibility index (Phi) is 7.58. The van der Waals surface area contributed by atoms with E-state index < -0.39 is 17.9 Å². The number of carboxylic acid groups (broad SMARTS) is 1. The first-order chi connectivity index (χ1) is 14.9. The fraction of sp³-hybridized carbons (Fsp3) is 0.318. The van der Waals surface area contributed by atoms with Gasteiger partial charge in [-0.2, -0.15) is 4.99 Å². The number of nitrogens with one attached hydrogen (secondary N) is 1. The van der Waals surface area contributed by atoms with Gasteiger partial charge in [-0.25, -0.2) is 0 Å². The van der Waals surface area contributed by atoms with Crippen LogP contribution in [0, 0.1) is 0 Å². The van der Waals surface area contributed by atoms with E-state index in [1.807, 2.05) is 18.2 Å². The van der Waals surface area contributed by atoms with Crippen molar-refractivity contribution in [1.82, 2.24) is 5.32 Å². The van der Waals surface area contributed by atoms with Gasteiger partial charge in [-0.05, 0) is 35.7 Å². The van der Waals surface area contributed by atoms with Gasteiger partial charge >= 0.3 is 5.97 Å². The van der Waals surface area contributed by atoms with Crippen LogP contribution in [0.3, 0.4) is 0 Å². The summed E-state index contributed by atoms with van der Waals surface area (Å²) in [5, 5.41) is 11.9. The van der Waals surface area contributed by atoms with Crippen molar-refractivity contribution < 1.29 is 19.4 Å². The van der Waals surface area contributed by atoms with E-state index in [0.717, 1.165) is 29.9 Å². The van der Waals surface area contributed by atoms with E-state index in [0.29, 0.717) is 25.3 Å². The van der Waals surface area contributed by atoms with E-state index in [1.54, 1.807) is 24.3 Å². The molecule has 9 heteroatoms. The number of aliphatic carboxylic acids is 1. The zero-order valence-electron chi connectivity index (χ0n) is 17.2. The third kappa shape index (κ3) is 6.27. The highest BCUT2D eigenvalue weighted by molar-refractivity contribution is 6.02. The molecular weight excluding hydrogens is 398 g/mol. The summed E-state index contributed by atoms with van der Waals surface area (Å²) >= 11 is 0. The third-order valence-corrected chi connectivity index (χ3v) is 5.00. The Balaban J connectivity index is 1.59. The van der Waals surface area contributed by atoms with Crippen LogP contribution in [0.5, 0.6) is 0 Å². The molecule has 1 amide bonds. The summed E-state index contributed by atoms with van der Waals surface area (Å²) in [6.45, 7) is 3.48. The number of aliphatic imine (C=N–C) groups is 1. The molecule has 0 spiro atoms. The lowest BCUT2D eigenvalue weighted by Gasteiger charge is -2.30. The Morgan fingerprint density at radius 2 is 1.81 bits per heavy atom. The summed E-state index contributed by atoms with van der Waals surface area (Å²) < 4.78 is 5.42. The number of para-hydroxylation sites is 1. The minimum absolute atomic E-state index is 0.0266. The Morgan fingerprint density at radius 3 is 2.48 bits per heavy atom. The first kappa shape index (κ1) is 22.3. The summed E-state index contributed by atoms with van der Waals surface area (Å²) in [7, 11) is 0. The predicted octanol–water partition coefficient (Wildman–Crippen LogP) is 0.722. The average molecular weight is 425 g/mol. The molecule has 1 saturated heterocycles. The Morgan fingerprint density at radius 1 is 1.13 bits per heavy atom. The van der Waals surface area contributed by atoms with Crippen LogP contribution in [0.1, 0.15) is 21.5 Å². The molecule has 31 heavy (non-hydrogen) atoms. The second-order valence-electron chi connectivity index (χ2n) is 7.23. The van der Waals surface area contributed by atoms with Gasteiger partial charge in [0.25, 0.3) is 5.91 Å². The lowest BCUT2D eigenvalue weighted by molar-refractivity contribution is -0.138. The first-order valence-electron chi connectivity index (χ1n) is 10.0. The van der Waals surface area contributed by atoms with E-state index in [9.17, 15) is 9.59 Å². The van der Waals surface area contributed by atoms with E-state index in [-0.39, 0.29) is 12.4 Å². The minimum Gasteiger partial charge on any atom is -0.480 e. The number of carbonyl (C=O) groups is 2. The summed E-state index contributed by atoms with van der Waals surface area (Å²) in [5.41, 5.74) is 14.7. The molecule has 164 valence electrons. The van der Waals surface area contributed by atoms with Gasteiger partial charge in [-0.1, -0.05) is 30.3 Å². The molecule has 1 aliphatic heterocycles. The number of amides is 1. The van der Waals surface area contributed by atoms with Gasteiger partial charge in [-0.3, -0.25) is 9.59 Å². The maximum absolute atomic E-state index is 12.4. The molecule has 9 nitrogen and oxygen atoms in total. The molecular formula is C22H27N5O4. The number of carboxylic acids is 1. The number of hydrogen-bond donors (Lipinski definition) is 4. The highest BCUT2D eigenvalue weighted by Gasteiger charge is 2.15. The molecule has 0 radical (unpaired) electrons. The van der Waals surface area contributed by atoms with Gasteiger partial charge < -0.3 is 31.5 Å². The summed E-state index contributed by atoms with van der Waals surface area (Å²) in [5.74, 6) is -1.53. The molecule has 2 aromatic rings. The maximum atomic E-state index is 12.4. The van der Waals surface area contributed by atoms with Crippen molar-refractivity contribution in [3.8, 4) is 0 Å². The maximum Gasteiger partial charge on any atom is 0.320 e. The second-order valence-corrected chi connectivity index (χ2v) is 7.23. The van der Waals surface area contributed by atoms with Gasteiger partial charge in [0, 0.05) is 30.9 Å². The smallest absolute Gasteiger partial charge is 0.320 e. The number of ether oxygens (including phenoxy) is 1. The fourth-order valence-corrected chi connectivity index (χ4v) is 3.30. The van der Waals surface area contributed by atoms with Crippen molar-refractivity contribution in [1.29, 1.82) is 0 Å². The highest BCUT2D eigenvalue weighted by Crippen LogP contribution is 2.21. The van der Waals surface area contributed by atoms with Crippen molar-refractivity contribution in [3.63, 3.8) is 0 Å². The Labute approximate surface area is 180 Å². The number of nitrogens with two attached hydrogens (primary N) is 2. The third-order valence-electron chi connectivity index (χ3n) is 5.00. The van der Waals surface area contributed by atoms with Crippen molar-refractivity contribution in [2.24, 2.45) is 16.5 Å². The van der Waals surface area contributed by atoms with Crippen molar-refractivity contribution in [2.45, 2.75) is 19.0 Å². The van der Waals surface area contributed by atoms with Gasteiger partial charge in [0.05, 0.1) is 13.2 Å². The van der Waals surface area contributed by atoms with Crippen LogP contribution in [-0.4, -0.2) is 55.3 Å². The molecule has 0 bridgehead atoms. The van der Waals surface area contributed by atoms with E-state index in [1.165, 1.54) is 0 Å². The summed E-state index contributed by atoms with van der Waals surface area (Å²) in [6.07, 6.45) is 0.180. The lowest BCUT2D eigenvalue weighted by atomic mass is 10.0. The number of guanidine groups is 1. The molecule has 6 N–H and O–H groups in total. The van der Waals surface area contributed by atoms with Crippen LogP contribution in [0.4, 0.5) is 5.69 Å². The second kappa shape index (κ2) is 10.6. The van der Waals surface area contributed by atoms with Crippen LogP contribution in [-0.2, 0) is 22.5 Å². The molecule has 0 aromatic heterocycles. The van der Waals surface area contributed by atoms with Crippen molar-refractivity contribution in [2.75, 3.05) is 31.2 Å². The quantitative estimate of drug-likeness (QED) is 0.375. The SMILES string of the molecule is NC(=NC(=O)c1ccc(CC(N)C(=O)O)cc1)NCc1ccccc1N1CCOCC1. The summed E-state index contributed by atoms with van der Waals surface area (Å²) in [6, 6.07) is 13.5. The number of carbonyl (C=O) groups excluding carboxylic acids is 1. The van der Waals surface area contributed by atoms with E-state index in [2.05, 4.69) is 21.3 Å². The lowest BCUT2D eigenvalue weighted by Crippen LogP contribution is -2.37. The number of hydrogen-bond acceptors (Lipinski definition) is 5. The van der Waals surface area contributed by atoms with Crippen molar-refractivity contribution >= 4 is 23.5 Å². The van der Waals surface area contributed by atoms with Crippen LogP contribution in [0.15, 0.2) is 53.5 Å². The Hall–Kier alpha value is -3.43. The average Bonchev–Trinajstić information content (AvgIpc) is 2.79. The topological polar surface area (TPSA) is 143 Å². The standard InChI is InChI=1S/C22H27N5O4/c23-18(21(29)30)13-15-5-7-16(8-6-15)20(28)26-22(24)25-14-17-3-1-2-4-19(17)27-9-11-31-12-10-27/h1-8,18H,9-14,23H2,(H,29,30)(H3,24,25,26,28). The van der Waals surface area contributed by atoms with E-state index >= 15 is 0 Å². The number of nitrogens with zero attached hydrogens (tertiary/aromatic N) is 2. The predicted molar refractivity (Wildman–Crippen MR) is 118 cm³/mol. The number of benzene rings is 2. The fourth-order valence-electron chi connectivity index (χ4n) is 3.30. The molecule has 1 heterocycles. The Bertz CT molecular complexity index is 939. The molecule has 2 aromatic carbocycles. The minimum atomic E-state index is -1.07. The molecule has 1 unspecified atom stereocenters. The first-order valence-corrected chi connectivity index (χ1v) is 10.0. The van der Waals surface area contributed by atoms with Gasteiger partial charge in [0.2, 0.25) is 0 Å². The highest BCUT2D eigenvalue weighted by atomic mass is 16.5. The summed E-state index contributed by atoms with van der Waals surface area (Å²) in [4.78, 5) is 29.4. The molecule has 1 atom stereocenters. The zero-order chi connectivity index (χ0) is 22.2. The van der Waals surface area contributed by atoms with Crippen LogP contribution >= 0.6 is 0 Å². The van der Waals surface area contributed by atoms with Gasteiger partial charge in [0.15, 0.2) is 5.96 Å². The molecule has 1 aliphatic rings. The number of anilines is 1. The van der Waals surface area contributed by atoms with Crippen molar-refractivity contribution in [3.05, 3.63) is 65.2 Å². The molecule has 0 aliphatic carbocycles. The van der Waals surface area contributed by atoms with E-state index in [4.69, 9.17) is 21.3 Å². The van der Waals surface area contributed by atoms with Crippen LogP contribution < -0.4 is 21.7 Å².